The summed E-state index contributed by atoms with van der Waals surface area (Å²) in [5, 5.41) is 0.674. The van der Waals surface area contributed by atoms with E-state index in [0.717, 1.165) is 16.9 Å². The molecule has 146 valence electrons. The van der Waals surface area contributed by atoms with Crippen LogP contribution in [0.2, 0.25) is 5.02 Å². The summed E-state index contributed by atoms with van der Waals surface area (Å²) in [6.45, 7) is 8.57. The van der Waals surface area contributed by atoms with Crippen LogP contribution in [0, 0.1) is 19.8 Å². The molecule has 0 aliphatic heterocycles. The molecule has 0 aliphatic carbocycles. The van der Waals surface area contributed by atoms with Crippen LogP contribution in [0.5, 0.6) is 5.75 Å². The number of carbonyl (C=O) groups is 2. The highest BCUT2D eigenvalue weighted by Gasteiger charge is 2.29. The Hall–Kier alpha value is -1.79. The number of aryl methyl sites for hydroxylation is 2. The van der Waals surface area contributed by atoms with Crippen LogP contribution >= 0.6 is 11.6 Å². The van der Waals surface area contributed by atoms with Gasteiger partial charge in [-0.05, 0) is 57.4 Å². The highest BCUT2D eigenvalue weighted by Crippen LogP contribution is 2.26. The molecule has 6 nitrogen and oxygen atoms in total. The fourth-order valence-corrected chi connectivity index (χ4v) is 2.78. The Labute approximate surface area is 159 Å². The standard InChI is InChI=1S/C19H27ClO6/c1-5-24-18(21)16(19(22)25-6-2)7-8-23-9-10-26-17-13(3)11-15(20)12-14(17)4/h11-12,16H,5-10H2,1-4H3. The molecule has 26 heavy (non-hydrogen) atoms. The number of carbonyl (C=O) groups excluding carboxylic acids is 2. The molecule has 7 heteroatoms. The third-order valence-corrected chi connectivity index (χ3v) is 3.81. The van der Waals surface area contributed by atoms with Crippen molar-refractivity contribution in [3.8, 4) is 5.75 Å². The van der Waals surface area contributed by atoms with Gasteiger partial charge in [0.05, 0.1) is 19.8 Å². The van der Waals surface area contributed by atoms with Crippen LogP contribution in [-0.4, -0.2) is 45.0 Å². The highest BCUT2D eigenvalue weighted by molar-refractivity contribution is 6.30. The van der Waals surface area contributed by atoms with E-state index in [9.17, 15) is 9.59 Å². The molecule has 0 atom stereocenters. The zero-order chi connectivity index (χ0) is 19.5. The maximum atomic E-state index is 11.9. The second kappa shape index (κ2) is 11.8. The molecule has 0 fully saturated rings. The number of benzene rings is 1. The van der Waals surface area contributed by atoms with E-state index in [1.165, 1.54) is 0 Å². The summed E-state index contributed by atoms with van der Waals surface area (Å²) in [6.07, 6.45) is 0.205. The molecular weight excluding hydrogens is 360 g/mol. The van der Waals surface area contributed by atoms with Crippen LogP contribution in [0.25, 0.3) is 0 Å². The Bertz CT molecular complexity index is 561. The van der Waals surface area contributed by atoms with Gasteiger partial charge in [-0.25, -0.2) is 0 Å². The number of ether oxygens (including phenoxy) is 4. The summed E-state index contributed by atoms with van der Waals surface area (Å²) in [5.41, 5.74) is 1.92. The van der Waals surface area contributed by atoms with E-state index < -0.39 is 17.9 Å². The number of esters is 2. The van der Waals surface area contributed by atoms with E-state index in [-0.39, 0.29) is 26.2 Å². The third-order valence-electron chi connectivity index (χ3n) is 3.59. The molecule has 1 aromatic rings. The molecular formula is C19H27ClO6. The lowest BCUT2D eigenvalue weighted by molar-refractivity contribution is -0.162. The average Bonchev–Trinajstić information content (AvgIpc) is 2.56. The minimum atomic E-state index is -0.962. The van der Waals surface area contributed by atoms with E-state index in [0.29, 0.717) is 18.2 Å². The Balaban J connectivity index is 2.40. The predicted octanol–water partition coefficient (Wildman–Crippen LogP) is 3.48. The van der Waals surface area contributed by atoms with Crippen molar-refractivity contribution in [3.63, 3.8) is 0 Å². The van der Waals surface area contributed by atoms with Crippen molar-refractivity contribution in [2.75, 3.05) is 33.0 Å². The number of hydrogen-bond acceptors (Lipinski definition) is 6. The molecule has 0 aliphatic rings. The lowest BCUT2D eigenvalue weighted by Gasteiger charge is -2.15. The molecule has 0 radical (unpaired) electrons. The minimum Gasteiger partial charge on any atom is -0.491 e. The zero-order valence-electron chi connectivity index (χ0n) is 15.8. The Kier molecular flexibility index (Phi) is 10.1. The first-order valence-electron chi connectivity index (χ1n) is 8.71. The lowest BCUT2D eigenvalue weighted by atomic mass is 10.1. The van der Waals surface area contributed by atoms with Crippen molar-refractivity contribution in [2.45, 2.75) is 34.1 Å². The molecule has 1 aromatic carbocycles. The molecule has 0 bridgehead atoms. The SMILES string of the molecule is CCOC(=O)C(CCOCCOc1c(C)cc(Cl)cc1C)C(=O)OCC. The van der Waals surface area contributed by atoms with Crippen molar-refractivity contribution in [1.29, 1.82) is 0 Å². The van der Waals surface area contributed by atoms with Gasteiger partial charge in [0.15, 0.2) is 5.92 Å². The summed E-state index contributed by atoms with van der Waals surface area (Å²) < 4.78 is 21.0. The third kappa shape index (κ3) is 7.22. The van der Waals surface area contributed by atoms with Crippen molar-refractivity contribution < 1.29 is 28.5 Å². The molecule has 0 heterocycles. The van der Waals surface area contributed by atoms with Gasteiger partial charge in [0.25, 0.3) is 0 Å². The molecule has 0 unspecified atom stereocenters. The van der Waals surface area contributed by atoms with E-state index in [4.69, 9.17) is 30.5 Å². The topological polar surface area (TPSA) is 71.1 Å². The fourth-order valence-electron chi connectivity index (χ4n) is 2.45. The van der Waals surface area contributed by atoms with Gasteiger partial charge in [0.1, 0.15) is 12.4 Å². The van der Waals surface area contributed by atoms with Gasteiger partial charge < -0.3 is 18.9 Å². The van der Waals surface area contributed by atoms with Crippen molar-refractivity contribution >= 4 is 23.5 Å². The molecule has 1 rings (SSSR count). The van der Waals surface area contributed by atoms with Gasteiger partial charge in [-0.1, -0.05) is 11.6 Å². The Morgan fingerprint density at radius 1 is 0.962 bits per heavy atom. The summed E-state index contributed by atoms with van der Waals surface area (Å²) in [5.74, 6) is -1.35. The van der Waals surface area contributed by atoms with Gasteiger partial charge >= 0.3 is 11.9 Å². The van der Waals surface area contributed by atoms with E-state index >= 15 is 0 Å². The van der Waals surface area contributed by atoms with Crippen LogP contribution in [0.3, 0.4) is 0 Å². The molecule has 0 N–H and O–H groups in total. The first kappa shape index (κ1) is 22.3. The van der Waals surface area contributed by atoms with Gasteiger partial charge in [-0.15, -0.1) is 0 Å². The van der Waals surface area contributed by atoms with Gasteiger partial charge in [-0.3, -0.25) is 9.59 Å². The number of hydrogen-bond donors (Lipinski definition) is 0. The quantitative estimate of drug-likeness (QED) is 0.329. The maximum absolute atomic E-state index is 11.9. The Morgan fingerprint density at radius 2 is 1.50 bits per heavy atom. The van der Waals surface area contributed by atoms with Crippen LogP contribution in [0.4, 0.5) is 0 Å². The number of halogens is 1. The van der Waals surface area contributed by atoms with Crippen molar-refractivity contribution in [2.24, 2.45) is 5.92 Å². The van der Waals surface area contributed by atoms with E-state index in [2.05, 4.69) is 0 Å². The van der Waals surface area contributed by atoms with Gasteiger partial charge in [0, 0.05) is 11.6 Å². The van der Waals surface area contributed by atoms with E-state index in [1.54, 1.807) is 13.8 Å². The monoisotopic (exact) mass is 386 g/mol. The average molecular weight is 387 g/mol. The predicted molar refractivity (Wildman–Crippen MR) is 98.6 cm³/mol. The van der Waals surface area contributed by atoms with Gasteiger partial charge in [0.2, 0.25) is 0 Å². The summed E-state index contributed by atoms with van der Waals surface area (Å²) in [6, 6.07) is 3.68. The van der Waals surface area contributed by atoms with Crippen molar-refractivity contribution in [3.05, 3.63) is 28.3 Å². The highest BCUT2D eigenvalue weighted by atomic mass is 35.5. The Morgan fingerprint density at radius 3 is 2.00 bits per heavy atom. The smallest absolute Gasteiger partial charge is 0.320 e. The zero-order valence-corrected chi connectivity index (χ0v) is 16.6. The molecule has 0 spiro atoms. The normalized spacial score (nSPS) is 10.7. The first-order chi connectivity index (χ1) is 12.4. The summed E-state index contributed by atoms with van der Waals surface area (Å²) >= 11 is 5.99. The van der Waals surface area contributed by atoms with Crippen LogP contribution in [-0.2, 0) is 23.8 Å². The second-order valence-corrected chi connectivity index (χ2v) is 6.11. The minimum absolute atomic E-state index is 0.205. The molecule has 0 saturated heterocycles. The second-order valence-electron chi connectivity index (χ2n) is 5.67. The van der Waals surface area contributed by atoms with E-state index in [1.807, 2.05) is 26.0 Å². The van der Waals surface area contributed by atoms with Crippen LogP contribution in [0.15, 0.2) is 12.1 Å². The fraction of sp³-hybridized carbons (Fsp3) is 0.579. The molecule has 0 amide bonds. The largest absolute Gasteiger partial charge is 0.491 e. The summed E-state index contributed by atoms with van der Waals surface area (Å²) in [4.78, 5) is 23.7. The maximum Gasteiger partial charge on any atom is 0.320 e. The van der Waals surface area contributed by atoms with Crippen molar-refractivity contribution in [1.82, 2.24) is 0 Å². The molecule has 0 aromatic heterocycles. The van der Waals surface area contributed by atoms with Crippen LogP contribution < -0.4 is 4.74 Å². The summed E-state index contributed by atoms with van der Waals surface area (Å²) in [7, 11) is 0. The first-order valence-corrected chi connectivity index (χ1v) is 9.09. The van der Waals surface area contributed by atoms with Crippen LogP contribution in [0.1, 0.15) is 31.4 Å². The lowest BCUT2D eigenvalue weighted by Crippen LogP contribution is -2.29. The number of rotatable bonds is 11. The molecule has 0 saturated carbocycles. The van der Waals surface area contributed by atoms with Gasteiger partial charge in [-0.2, -0.15) is 0 Å².